The monoisotopic (exact) mass is 327 g/mol. The van der Waals surface area contributed by atoms with E-state index >= 15 is 0 Å². The SMILES string of the molecule is Cc1cccc2c1C(C=Nc1ccc(NCCO)c(F)c1)C(=O)N2. The zero-order valence-electron chi connectivity index (χ0n) is 13.2. The van der Waals surface area contributed by atoms with Crippen LogP contribution in [0, 0.1) is 12.7 Å². The van der Waals surface area contributed by atoms with Gasteiger partial charge in [-0.1, -0.05) is 12.1 Å². The number of nitrogens with zero attached hydrogens (tertiary/aromatic N) is 1. The van der Waals surface area contributed by atoms with Gasteiger partial charge in [-0.25, -0.2) is 4.39 Å². The highest BCUT2D eigenvalue weighted by Gasteiger charge is 2.30. The third-order valence-electron chi connectivity index (χ3n) is 3.93. The van der Waals surface area contributed by atoms with Gasteiger partial charge in [-0.2, -0.15) is 0 Å². The van der Waals surface area contributed by atoms with Crippen LogP contribution in [0.15, 0.2) is 41.4 Å². The first-order chi connectivity index (χ1) is 11.6. The number of aliphatic hydroxyl groups is 1. The van der Waals surface area contributed by atoms with Crippen LogP contribution in [-0.2, 0) is 4.79 Å². The first-order valence-electron chi connectivity index (χ1n) is 7.69. The molecule has 0 bridgehead atoms. The van der Waals surface area contributed by atoms with Crippen molar-refractivity contribution < 1.29 is 14.3 Å². The van der Waals surface area contributed by atoms with Gasteiger partial charge in [0, 0.05) is 24.5 Å². The van der Waals surface area contributed by atoms with E-state index in [0.717, 1.165) is 16.8 Å². The molecular weight excluding hydrogens is 309 g/mol. The average Bonchev–Trinajstić information content (AvgIpc) is 2.89. The van der Waals surface area contributed by atoms with Gasteiger partial charge < -0.3 is 15.7 Å². The van der Waals surface area contributed by atoms with Crippen LogP contribution in [0.3, 0.4) is 0 Å². The number of halogens is 1. The van der Waals surface area contributed by atoms with E-state index in [1.807, 2.05) is 25.1 Å². The predicted molar refractivity (Wildman–Crippen MR) is 92.7 cm³/mol. The maximum Gasteiger partial charge on any atom is 0.237 e. The van der Waals surface area contributed by atoms with Crippen molar-refractivity contribution in [3.8, 4) is 0 Å². The topological polar surface area (TPSA) is 73.7 Å². The number of fused-ring (bicyclic) bond motifs is 1. The smallest absolute Gasteiger partial charge is 0.237 e. The van der Waals surface area contributed by atoms with Crippen molar-refractivity contribution in [1.82, 2.24) is 0 Å². The Hall–Kier alpha value is -2.73. The van der Waals surface area contributed by atoms with E-state index < -0.39 is 11.7 Å². The summed E-state index contributed by atoms with van der Waals surface area (Å²) < 4.78 is 14.0. The standard InChI is InChI=1S/C18H18FN3O2/c1-11-3-2-4-16-17(11)13(18(24)22-16)10-21-12-5-6-15(14(19)9-12)20-7-8-23/h2-6,9-10,13,20,23H,7-8H2,1H3,(H,22,24). The van der Waals surface area contributed by atoms with Crippen LogP contribution in [0.1, 0.15) is 17.0 Å². The molecule has 0 fully saturated rings. The molecule has 24 heavy (non-hydrogen) atoms. The quantitative estimate of drug-likeness (QED) is 0.739. The highest BCUT2D eigenvalue weighted by molar-refractivity contribution is 6.13. The lowest BCUT2D eigenvalue weighted by Crippen LogP contribution is -2.13. The van der Waals surface area contributed by atoms with Gasteiger partial charge in [0.15, 0.2) is 0 Å². The summed E-state index contributed by atoms with van der Waals surface area (Å²) in [5.74, 6) is -1.06. The van der Waals surface area contributed by atoms with Crippen molar-refractivity contribution in [3.05, 3.63) is 53.3 Å². The molecule has 0 saturated heterocycles. The second-order valence-electron chi connectivity index (χ2n) is 5.60. The van der Waals surface area contributed by atoms with E-state index in [-0.39, 0.29) is 19.1 Å². The molecule has 6 heteroatoms. The van der Waals surface area contributed by atoms with E-state index in [9.17, 15) is 9.18 Å². The largest absolute Gasteiger partial charge is 0.395 e. The normalized spacial score (nSPS) is 16.3. The molecule has 3 N–H and O–H groups in total. The van der Waals surface area contributed by atoms with Gasteiger partial charge in [-0.3, -0.25) is 9.79 Å². The lowest BCUT2D eigenvalue weighted by Gasteiger charge is -2.07. The molecule has 2 aromatic carbocycles. The average molecular weight is 327 g/mol. The number of nitrogens with one attached hydrogen (secondary N) is 2. The number of aliphatic imine (C=N–C) groups is 1. The Morgan fingerprint density at radius 3 is 2.96 bits per heavy atom. The number of carbonyl (C=O) groups is 1. The molecule has 1 atom stereocenters. The zero-order valence-corrected chi connectivity index (χ0v) is 13.2. The molecular formula is C18H18FN3O2. The third-order valence-corrected chi connectivity index (χ3v) is 3.93. The van der Waals surface area contributed by atoms with Crippen LogP contribution in [0.2, 0.25) is 0 Å². The Kier molecular flexibility index (Phi) is 4.57. The first kappa shape index (κ1) is 16.1. The van der Waals surface area contributed by atoms with Gasteiger partial charge in [0.2, 0.25) is 5.91 Å². The molecule has 124 valence electrons. The third kappa shape index (κ3) is 3.14. The number of hydrogen-bond donors (Lipinski definition) is 3. The number of carbonyl (C=O) groups excluding carboxylic acids is 1. The van der Waals surface area contributed by atoms with Crippen LogP contribution in [0.5, 0.6) is 0 Å². The van der Waals surface area contributed by atoms with Crippen molar-refractivity contribution in [2.45, 2.75) is 12.8 Å². The fourth-order valence-corrected chi connectivity index (χ4v) is 2.77. The van der Waals surface area contributed by atoms with Crippen molar-refractivity contribution >= 4 is 29.2 Å². The molecule has 0 radical (unpaired) electrons. The Balaban J connectivity index is 1.82. The summed E-state index contributed by atoms with van der Waals surface area (Å²) >= 11 is 0. The van der Waals surface area contributed by atoms with E-state index in [2.05, 4.69) is 15.6 Å². The van der Waals surface area contributed by atoms with E-state index in [1.54, 1.807) is 18.3 Å². The summed E-state index contributed by atoms with van der Waals surface area (Å²) in [6.07, 6.45) is 1.55. The van der Waals surface area contributed by atoms with Crippen molar-refractivity contribution in [2.75, 3.05) is 23.8 Å². The molecule has 5 nitrogen and oxygen atoms in total. The minimum Gasteiger partial charge on any atom is -0.395 e. The molecule has 0 spiro atoms. The number of rotatable bonds is 5. The predicted octanol–water partition coefficient (Wildman–Crippen LogP) is 2.98. The van der Waals surface area contributed by atoms with Crippen molar-refractivity contribution in [1.29, 1.82) is 0 Å². The van der Waals surface area contributed by atoms with Crippen LogP contribution in [-0.4, -0.2) is 30.4 Å². The fourth-order valence-electron chi connectivity index (χ4n) is 2.77. The summed E-state index contributed by atoms with van der Waals surface area (Å²) in [6, 6.07) is 10.2. The summed E-state index contributed by atoms with van der Waals surface area (Å²) in [6.45, 7) is 2.15. The van der Waals surface area contributed by atoms with Crippen LogP contribution >= 0.6 is 0 Å². The highest BCUT2D eigenvalue weighted by atomic mass is 19.1. The second-order valence-corrected chi connectivity index (χ2v) is 5.60. The summed E-state index contributed by atoms with van der Waals surface area (Å²) in [7, 11) is 0. The minimum absolute atomic E-state index is 0.0745. The maximum absolute atomic E-state index is 14.0. The Morgan fingerprint density at radius 1 is 1.38 bits per heavy atom. The van der Waals surface area contributed by atoms with Crippen LogP contribution in [0.4, 0.5) is 21.5 Å². The van der Waals surface area contributed by atoms with Crippen LogP contribution < -0.4 is 10.6 Å². The van der Waals surface area contributed by atoms with Crippen molar-refractivity contribution in [2.24, 2.45) is 4.99 Å². The van der Waals surface area contributed by atoms with Crippen molar-refractivity contribution in [3.63, 3.8) is 0 Å². The summed E-state index contributed by atoms with van der Waals surface area (Å²) in [4.78, 5) is 16.4. The number of hydrogen-bond acceptors (Lipinski definition) is 4. The molecule has 1 aliphatic heterocycles. The van der Waals surface area contributed by atoms with E-state index in [1.165, 1.54) is 6.07 Å². The van der Waals surface area contributed by atoms with E-state index in [4.69, 9.17) is 5.11 Å². The van der Waals surface area contributed by atoms with Gasteiger partial charge >= 0.3 is 0 Å². The second kappa shape index (κ2) is 6.80. The summed E-state index contributed by atoms with van der Waals surface area (Å²) in [5, 5.41) is 14.4. The number of anilines is 2. The number of aryl methyl sites for hydroxylation is 1. The molecule has 3 rings (SSSR count). The number of benzene rings is 2. The Bertz CT molecular complexity index is 805. The molecule has 1 unspecified atom stereocenters. The number of aliphatic hydroxyl groups excluding tert-OH is 1. The lowest BCUT2D eigenvalue weighted by atomic mass is 9.97. The molecule has 0 aromatic heterocycles. The van der Waals surface area contributed by atoms with Gasteiger partial charge in [0.25, 0.3) is 0 Å². The summed E-state index contributed by atoms with van der Waals surface area (Å²) in [5.41, 5.74) is 3.45. The molecule has 1 aliphatic rings. The molecule has 1 heterocycles. The maximum atomic E-state index is 14.0. The molecule has 1 amide bonds. The molecule has 2 aromatic rings. The first-order valence-corrected chi connectivity index (χ1v) is 7.69. The van der Waals surface area contributed by atoms with Gasteiger partial charge in [-0.05, 0) is 36.2 Å². The lowest BCUT2D eigenvalue weighted by molar-refractivity contribution is -0.115. The minimum atomic E-state index is -0.476. The fraction of sp³-hybridized carbons (Fsp3) is 0.222. The van der Waals surface area contributed by atoms with Gasteiger partial charge in [-0.15, -0.1) is 0 Å². The molecule has 0 saturated carbocycles. The zero-order chi connectivity index (χ0) is 17.1. The Morgan fingerprint density at radius 2 is 2.21 bits per heavy atom. The molecule has 0 aliphatic carbocycles. The van der Waals surface area contributed by atoms with E-state index in [0.29, 0.717) is 11.4 Å². The Labute approximate surface area is 139 Å². The van der Waals surface area contributed by atoms with Gasteiger partial charge in [0.1, 0.15) is 11.7 Å². The highest BCUT2D eigenvalue weighted by Crippen LogP contribution is 2.34. The number of amides is 1. The van der Waals surface area contributed by atoms with Gasteiger partial charge in [0.05, 0.1) is 18.0 Å². The van der Waals surface area contributed by atoms with Crippen LogP contribution in [0.25, 0.3) is 0 Å².